The number of carbonyl (C=O) groups is 1. The quantitative estimate of drug-likeness (QED) is 0.715. The van der Waals surface area contributed by atoms with E-state index < -0.39 is 0 Å². The van der Waals surface area contributed by atoms with Crippen molar-refractivity contribution in [1.82, 2.24) is 9.78 Å². The molecule has 0 radical (unpaired) electrons. The van der Waals surface area contributed by atoms with Crippen LogP contribution >= 0.6 is 0 Å². The zero-order chi connectivity index (χ0) is 16.4. The third kappa shape index (κ3) is 3.08. The Balaban J connectivity index is 1.62. The molecule has 0 aliphatic heterocycles. The SMILES string of the molecule is O=C(c1ccn(-c2ccccc2)n1)N(CC1CC1)c1ccccc1. The molecule has 0 bridgehead atoms. The summed E-state index contributed by atoms with van der Waals surface area (Å²) in [7, 11) is 0. The molecule has 1 fully saturated rings. The molecule has 0 N–H and O–H groups in total. The molecule has 24 heavy (non-hydrogen) atoms. The van der Waals surface area contributed by atoms with Crippen LogP contribution in [-0.4, -0.2) is 22.2 Å². The minimum atomic E-state index is -0.0391. The summed E-state index contributed by atoms with van der Waals surface area (Å²) in [5, 5.41) is 4.48. The number of benzene rings is 2. The monoisotopic (exact) mass is 317 g/mol. The molecule has 0 spiro atoms. The minimum absolute atomic E-state index is 0.0391. The van der Waals surface area contributed by atoms with Crippen LogP contribution in [0.2, 0.25) is 0 Å². The highest BCUT2D eigenvalue weighted by atomic mass is 16.2. The molecule has 1 heterocycles. The van der Waals surface area contributed by atoms with Crippen LogP contribution in [-0.2, 0) is 0 Å². The number of nitrogens with zero attached hydrogens (tertiary/aromatic N) is 3. The van der Waals surface area contributed by atoms with Crippen LogP contribution in [0.3, 0.4) is 0 Å². The topological polar surface area (TPSA) is 38.1 Å². The first-order chi connectivity index (χ1) is 11.8. The number of hydrogen-bond acceptors (Lipinski definition) is 2. The van der Waals surface area contributed by atoms with Gasteiger partial charge in [-0.1, -0.05) is 36.4 Å². The Morgan fingerprint density at radius 3 is 2.33 bits per heavy atom. The molecule has 120 valence electrons. The van der Waals surface area contributed by atoms with Crippen molar-refractivity contribution in [2.45, 2.75) is 12.8 Å². The maximum absolute atomic E-state index is 13.0. The maximum Gasteiger partial charge on any atom is 0.278 e. The van der Waals surface area contributed by atoms with Gasteiger partial charge in [0.25, 0.3) is 5.91 Å². The normalized spacial score (nSPS) is 13.7. The van der Waals surface area contributed by atoms with Gasteiger partial charge in [-0.15, -0.1) is 0 Å². The smallest absolute Gasteiger partial charge is 0.278 e. The van der Waals surface area contributed by atoms with Gasteiger partial charge in [-0.3, -0.25) is 4.79 Å². The fourth-order valence-corrected chi connectivity index (χ4v) is 2.77. The van der Waals surface area contributed by atoms with Gasteiger partial charge in [-0.05, 0) is 49.1 Å². The highest BCUT2D eigenvalue weighted by molar-refractivity contribution is 6.04. The molecular weight excluding hydrogens is 298 g/mol. The van der Waals surface area contributed by atoms with Crippen molar-refractivity contribution >= 4 is 11.6 Å². The number of aromatic nitrogens is 2. The van der Waals surface area contributed by atoms with Crippen LogP contribution in [0.5, 0.6) is 0 Å². The van der Waals surface area contributed by atoms with Gasteiger partial charge in [-0.25, -0.2) is 4.68 Å². The van der Waals surface area contributed by atoms with Crippen LogP contribution < -0.4 is 4.90 Å². The standard InChI is InChI=1S/C20H19N3O/c24-20(19-13-14-23(21-19)18-9-5-2-6-10-18)22(15-16-11-12-16)17-7-3-1-4-8-17/h1-10,13-14,16H,11-12,15H2. The van der Waals surface area contributed by atoms with Crippen LogP contribution in [0.1, 0.15) is 23.3 Å². The Labute approximate surface area is 141 Å². The van der Waals surface area contributed by atoms with Crippen molar-refractivity contribution in [1.29, 1.82) is 0 Å². The van der Waals surface area contributed by atoms with Gasteiger partial charge in [0.05, 0.1) is 5.69 Å². The number of anilines is 1. The van der Waals surface area contributed by atoms with Crippen LogP contribution in [0.15, 0.2) is 72.9 Å². The fourth-order valence-electron chi connectivity index (χ4n) is 2.77. The number of rotatable bonds is 5. The minimum Gasteiger partial charge on any atom is -0.307 e. The molecule has 1 saturated carbocycles. The number of para-hydroxylation sites is 2. The molecular formula is C20H19N3O. The molecule has 2 aromatic carbocycles. The zero-order valence-electron chi connectivity index (χ0n) is 13.4. The summed E-state index contributed by atoms with van der Waals surface area (Å²) < 4.78 is 1.74. The highest BCUT2D eigenvalue weighted by Crippen LogP contribution is 2.32. The van der Waals surface area contributed by atoms with Crippen molar-refractivity contribution in [2.75, 3.05) is 11.4 Å². The van der Waals surface area contributed by atoms with Gasteiger partial charge in [0, 0.05) is 18.4 Å². The molecule has 4 rings (SSSR count). The predicted octanol–water partition coefficient (Wildman–Crippen LogP) is 3.93. The first kappa shape index (κ1) is 14.7. The molecule has 4 heteroatoms. The molecule has 1 aliphatic rings. The Hall–Kier alpha value is -2.88. The Bertz CT molecular complexity index is 822. The van der Waals surface area contributed by atoms with Gasteiger partial charge in [0.2, 0.25) is 0 Å². The van der Waals surface area contributed by atoms with E-state index in [1.54, 1.807) is 10.7 Å². The molecule has 0 atom stereocenters. The molecule has 0 saturated heterocycles. The second-order valence-corrected chi connectivity index (χ2v) is 6.18. The molecule has 0 unspecified atom stereocenters. The third-order valence-corrected chi connectivity index (χ3v) is 4.28. The number of amides is 1. The summed E-state index contributed by atoms with van der Waals surface area (Å²) in [6.45, 7) is 0.765. The summed E-state index contributed by atoms with van der Waals surface area (Å²) in [6.07, 6.45) is 4.24. The lowest BCUT2D eigenvalue weighted by Crippen LogP contribution is -2.33. The Morgan fingerprint density at radius 2 is 1.67 bits per heavy atom. The van der Waals surface area contributed by atoms with Gasteiger partial charge in [0.15, 0.2) is 5.69 Å². The second-order valence-electron chi connectivity index (χ2n) is 6.18. The number of carbonyl (C=O) groups excluding carboxylic acids is 1. The number of hydrogen-bond donors (Lipinski definition) is 0. The van der Waals surface area contributed by atoms with E-state index in [0.717, 1.165) is 17.9 Å². The lowest BCUT2D eigenvalue weighted by Gasteiger charge is -2.21. The summed E-state index contributed by atoms with van der Waals surface area (Å²) in [5.41, 5.74) is 2.36. The molecule has 1 amide bonds. The van der Waals surface area contributed by atoms with E-state index in [9.17, 15) is 4.79 Å². The lowest BCUT2D eigenvalue weighted by molar-refractivity contribution is 0.0980. The van der Waals surface area contributed by atoms with Gasteiger partial charge >= 0.3 is 0 Å². The van der Waals surface area contributed by atoms with Crippen LogP contribution in [0.4, 0.5) is 5.69 Å². The summed E-state index contributed by atoms with van der Waals surface area (Å²) >= 11 is 0. The van der Waals surface area contributed by atoms with E-state index in [1.165, 1.54) is 12.8 Å². The van der Waals surface area contributed by atoms with Crippen molar-refractivity contribution in [3.63, 3.8) is 0 Å². The van der Waals surface area contributed by atoms with Gasteiger partial charge < -0.3 is 4.90 Å². The van der Waals surface area contributed by atoms with Crippen molar-refractivity contribution in [2.24, 2.45) is 5.92 Å². The van der Waals surface area contributed by atoms with E-state index >= 15 is 0 Å². The average Bonchev–Trinajstić information content (AvgIpc) is 3.33. The maximum atomic E-state index is 13.0. The Morgan fingerprint density at radius 1 is 1.00 bits per heavy atom. The first-order valence-corrected chi connectivity index (χ1v) is 8.29. The summed E-state index contributed by atoms with van der Waals surface area (Å²) in [5.74, 6) is 0.577. The van der Waals surface area contributed by atoms with Crippen LogP contribution in [0, 0.1) is 5.92 Å². The summed E-state index contributed by atoms with van der Waals surface area (Å²) in [4.78, 5) is 14.9. The largest absolute Gasteiger partial charge is 0.307 e. The third-order valence-electron chi connectivity index (χ3n) is 4.28. The predicted molar refractivity (Wildman–Crippen MR) is 94.4 cm³/mol. The van der Waals surface area contributed by atoms with Crippen molar-refractivity contribution in [3.05, 3.63) is 78.6 Å². The average molecular weight is 317 g/mol. The highest BCUT2D eigenvalue weighted by Gasteiger charge is 2.29. The molecule has 1 aliphatic carbocycles. The van der Waals surface area contributed by atoms with E-state index in [4.69, 9.17) is 0 Å². The van der Waals surface area contributed by atoms with Crippen molar-refractivity contribution in [3.8, 4) is 5.69 Å². The Kier molecular flexibility index (Phi) is 3.87. The van der Waals surface area contributed by atoms with E-state index in [2.05, 4.69) is 5.10 Å². The molecule has 4 nitrogen and oxygen atoms in total. The van der Waals surface area contributed by atoms with E-state index in [0.29, 0.717) is 11.6 Å². The first-order valence-electron chi connectivity index (χ1n) is 8.29. The lowest BCUT2D eigenvalue weighted by atomic mass is 10.2. The van der Waals surface area contributed by atoms with E-state index in [1.807, 2.05) is 71.8 Å². The fraction of sp³-hybridized carbons (Fsp3) is 0.200. The van der Waals surface area contributed by atoms with Crippen LogP contribution in [0.25, 0.3) is 5.69 Å². The molecule has 3 aromatic rings. The zero-order valence-corrected chi connectivity index (χ0v) is 13.4. The molecule has 1 aromatic heterocycles. The van der Waals surface area contributed by atoms with Gasteiger partial charge in [0.1, 0.15) is 0 Å². The van der Waals surface area contributed by atoms with Crippen molar-refractivity contribution < 1.29 is 4.79 Å². The summed E-state index contributed by atoms with van der Waals surface area (Å²) in [6, 6.07) is 21.5. The second kappa shape index (κ2) is 6.32. The van der Waals surface area contributed by atoms with E-state index in [-0.39, 0.29) is 5.91 Å². The van der Waals surface area contributed by atoms with Gasteiger partial charge in [-0.2, -0.15) is 5.10 Å².